The number of hydrogen-bond donors (Lipinski definition) is 1. The van der Waals surface area contributed by atoms with Crippen molar-refractivity contribution < 1.29 is 4.92 Å². The van der Waals surface area contributed by atoms with Gasteiger partial charge in [0, 0.05) is 34.4 Å². The lowest BCUT2D eigenvalue weighted by Crippen LogP contribution is -2.26. The van der Waals surface area contributed by atoms with Crippen LogP contribution in [-0.2, 0) is 6.54 Å². The Balaban J connectivity index is 1.89. The van der Waals surface area contributed by atoms with Crippen molar-refractivity contribution in [1.29, 1.82) is 0 Å². The van der Waals surface area contributed by atoms with Gasteiger partial charge >= 0.3 is 0 Å². The minimum atomic E-state index is -0.322. The number of halogens is 1. The van der Waals surface area contributed by atoms with Crippen LogP contribution in [0.5, 0.6) is 0 Å². The number of nitrogens with zero attached hydrogens (tertiary/aromatic N) is 1. The number of hydrogen-bond acceptors (Lipinski definition) is 4. The van der Waals surface area contributed by atoms with Gasteiger partial charge in [0.1, 0.15) is 0 Å². The fourth-order valence-electron chi connectivity index (χ4n) is 2.19. The van der Waals surface area contributed by atoms with E-state index < -0.39 is 0 Å². The molecule has 1 fully saturated rings. The lowest BCUT2D eigenvalue weighted by atomic mass is 10.1. The van der Waals surface area contributed by atoms with E-state index in [-0.39, 0.29) is 10.6 Å². The molecule has 104 valence electrons. The molecule has 1 atom stereocenters. The molecular weight excluding hydrogens is 328 g/mol. The van der Waals surface area contributed by atoms with Gasteiger partial charge in [-0.05, 0) is 30.7 Å². The molecule has 1 unspecified atom stereocenters. The molecule has 19 heavy (non-hydrogen) atoms. The summed E-state index contributed by atoms with van der Waals surface area (Å²) < 4.78 is 0.741. The van der Waals surface area contributed by atoms with Gasteiger partial charge in [0.15, 0.2) is 0 Å². The van der Waals surface area contributed by atoms with Gasteiger partial charge in [-0.2, -0.15) is 11.8 Å². The second-order valence-corrected chi connectivity index (χ2v) is 6.97. The molecule has 6 heteroatoms. The molecule has 2 rings (SSSR count). The van der Waals surface area contributed by atoms with E-state index in [1.807, 2.05) is 23.9 Å². The monoisotopic (exact) mass is 344 g/mol. The van der Waals surface area contributed by atoms with Crippen LogP contribution in [-0.4, -0.2) is 22.5 Å². The van der Waals surface area contributed by atoms with Gasteiger partial charge in [-0.15, -0.1) is 0 Å². The summed E-state index contributed by atoms with van der Waals surface area (Å²) in [7, 11) is 0. The zero-order valence-electron chi connectivity index (χ0n) is 10.6. The highest BCUT2D eigenvalue weighted by Crippen LogP contribution is 2.25. The third-order valence-electron chi connectivity index (χ3n) is 3.21. The first-order valence-electron chi connectivity index (χ1n) is 6.42. The number of rotatable bonds is 5. The lowest BCUT2D eigenvalue weighted by Gasteiger charge is -2.21. The minimum absolute atomic E-state index is 0.179. The van der Waals surface area contributed by atoms with E-state index in [0.717, 1.165) is 16.6 Å². The van der Waals surface area contributed by atoms with Crippen LogP contribution in [0.25, 0.3) is 0 Å². The Labute approximate surface area is 125 Å². The van der Waals surface area contributed by atoms with Crippen LogP contribution in [0.1, 0.15) is 24.8 Å². The van der Waals surface area contributed by atoms with E-state index in [1.165, 1.54) is 25.0 Å². The maximum absolute atomic E-state index is 11.0. The Morgan fingerprint density at radius 1 is 1.47 bits per heavy atom. The van der Waals surface area contributed by atoms with Crippen molar-refractivity contribution in [3.05, 3.63) is 38.3 Å². The summed E-state index contributed by atoms with van der Waals surface area (Å²) in [6, 6.07) is 5.22. The number of thioether (sulfide) groups is 1. The van der Waals surface area contributed by atoms with E-state index in [2.05, 4.69) is 21.2 Å². The Hall–Kier alpha value is -0.590. The fraction of sp³-hybridized carbons (Fsp3) is 0.538. The zero-order valence-corrected chi connectivity index (χ0v) is 13.0. The normalized spacial score (nSPS) is 19.3. The van der Waals surface area contributed by atoms with E-state index >= 15 is 0 Å². The highest BCUT2D eigenvalue weighted by atomic mass is 79.9. The van der Waals surface area contributed by atoms with Gasteiger partial charge in [-0.1, -0.05) is 22.4 Å². The predicted molar refractivity (Wildman–Crippen MR) is 82.6 cm³/mol. The van der Waals surface area contributed by atoms with Crippen molar-refractivity contribution in [2.45, 2.75) is 31.1 Å². The van der Waals surface area contributed by atoms with Gasteiger partial charge < -0.3 is 5.32 Å². The molecule has 1 aliphatic heterocycles. The third-order valence-corrected chi connectivity index (χ3v) is 5.10. The van der Waals surface area contributed by atoms with Gasteiger partial charge in [0.25, 0.3) is 5.69 Å². The summed E-state index contributed by atoms with van der Waals surface area (Å²) in [5.74, 6) is 1.24. The Morgan fingerprint density at radius 3 is 3.00 bits per heavy atom. The van der Waals surface area contributed by atoms with Crippen molar-refractivity contribution >= 4 is 33.4 Å². The van der Waals surface area contributed by atoms with Crippen molar-refractivity contribution in [3.8, 4) is 0 Å². The first-order valence-corrected chi connectivity index (χ1v) is 8.26. The maximum Gasteiger partial charge on any atom is 0.275 e. The van der Waals surface area contributed by atoms with Gasteiger partial charge in [0.2, 0.25) is 0 Å². The molecule has 1 aromatic carbocycles. The Bertz CT molecular complexity index is 450. The molecule has 1 aromatic rings. The molecule has 0 aliphatic carbocycles. The zero-order chi connectivity index (χ0) is 13.7. The van der Waals surface area contributed by atoms with Crippen LogP contribution < -0.4 is 5.32 Å². The largest absolute Gasteiger partial charge is 0.311 e. The Morgan fingerprint density at radius 2 is 2.32 bits per heavy atom. The summed E-state index contributed by atoms with van der Waals surface area (Å²) >= 11 is 5.27. The van der Waals surface area contributed by atoms with Crippen LogP contribution in [0.15, 0.2) is 22.7 Å². The molecule has 0 bridgehead atoms. The molecule has 0 aromatic heterocycles. The summed E-state index contributed by atoms with van der Waals surface area (Å²) in [5.41, 5.74) is 0.923. The molecule has 0 radical (unpaired) electrons. The van der Waals surface area contributed by atoms with Crippen molar-refractivity contribution in [2.75, 3.05) is 12.3 Å². The second kappa shape index (κ2) is 7.26. The van der Waals surface area contributed by atoms with E-state index in [9.17, 15) is 10.1 Å². The minimum Gasteiger partial charge on any atom is -0.311 e. The predicted octanol–water partition coefficient (Wildman–Crippen LogP) is 3.73. The first-order chi connectivity index (χ1) is 9.16. The third kappa shape index (κ3) is 4.47. The van der Waals surface area contributed by atoms with E-state index in [0.29, 0.717) is 11.8 Å². The number of nitrogens with one attached hydrogen (secondary N) is 1. The van der Waals surface area contributed by atoms with Crippen LogP contribution in [0.2, 0.25) is 0 Å². The number of benzene rings is 1. The highest BCUT2D eigenvalue weighted by Gasteiger charge is 2.16. The van der Waals surface area contributed by atoms with Crippen LogP contribution in [0.3, 0.4) is 0 Å². The average molecular weight is 345 g/mol. The first kappa shape index (κ1) is 14.8. The highest BCUT2D eigenvalue weighted by molar-refractivity contribution is 9.10. The Kier molecular flexibility index (Phi) is 5.66. The van der Waals surface area contributed by atoms with E-state index in [4.69, 9.17) is 0 Å². The molecule has 0 amide bonds. The molecule has 1 saturated heterocycles. The number of nitro benzene ring substituents is 1. The summed E-state index contributed by atoms with van der Waals surface area (Å²) in [6.45, 7) is 1.48. The average Bonchev–Trinajstić information content (AvgIpc) is 2.41. The fourth-order valence-corrected chi connectivity index (χ4v) is 3.81. The maximum atomic E-state index is 11.0. The summed E-state index contributed by atoms with van der Waals surface area (Å²) in [5, 5.41) is 15.0. The number of nitro groups is 1. The molecule has 4 nitrogen and oxygen atoms in total. The lowest BCUT2D eigenvalue weighted by molar-refractivity contribution is -0.385. The van der Waals surface area contributed by atoms with Gasteiger partial charge in [-0.3, -0.25) is 10.1 Å². The summed E-state index contributed by atoms with van der Waals surface area (Å²) in [6.07, 6.45) is 3.87. The van der Waals surface area contributed by atoms with Gasteiger partial charge in [0.05, 0.1) is 4.92 Å². The van der Waals surface area contributed by atoms with Crippen LogP contribution in [0, 0.1) is 10.1 Å². The molecule has 0 spiro atoms. The molecular formula is C13H17BrN2O2S. The van der Waals surface area contributed by atoms with Crippen molar-refractivity contribution in [2.24, 2.45) is 0 Å². The topological polar surface area (TPSA) is 55.2 Å². The van der Waals surface area contributed by atoms with E-state index in [1.54, 1.807) is 6.07 Å². The second-order valence-electron chi connectivity index (χ2n) is 4.65. The summed E-state index contributed by atoms with van der Waals surface area (Å²) in [4.78, 5) is 10.7. The van der Waals surface area contributed by atoms with Gasteiger partial charge in [-0.25, -0.2) is 0 Å². The molecule has 1 heterocycles. The smallest absolute Gasteiger partial charge is 0.275 e. The molecule has 1 N–H and O–H groups in total. The molecule has 1 aliphatic rings. The van der Waals surface area contributed by atoms with Crippen molar-refractivity contribution in [1.82, 2.24) is 5.32 Å². The van der Waals surface area contributed by atoms with Crippen molar-refractivity contribution in [3.63, 3.8) is 0 Å². The van der Waals surface area contributed by atoms with Crippen LogP contribution in [0.4, 0.5) is 5.69 Å². The standard InChI is InChI=1S/C13H17BrN2O2S/c14-11-5-4-10(13(7-11)16(17)18)8-15-9-12-3-1-2-6-19-12/h4-5,7,12,15H,1-3,6,8-9H2. The molecule has 0 saturated carbocycles. The quantitative estimate of drug-likeness (QED) is 0.653. The SMILES string of the molecule is O=[N+]([O-])c1cc(Br)ccc1CNCC1CCCCS1. The van der Waals surface area contributed by atoms with Crippen LogP contribution >= 0.6 is 27.7 Å².